The van der Waals surface area contributed by atoms with E-state index in [1.807, 2.05) is 12.1 Å². The number of aromatic hydroxyl groups is 1. The Labute approximate surface area is 115 Å². The molecule has 2 aliphatic rings. The van der Waals surface area contributed by atoms with Gasteiger partial charge < -0.3 is 9.84 Å². The van der Waals surface area contributed by atoms with Gasteiger partial charge in [0, 0.05) is 5.92 Å². The van der Waals surface area contributed by atoms with Crippen molar-refractivity contribution in [1.82, 2.24) is 0 Å². The van der Waals surface area contributed by atoms with E-state index in [9.17, 15) is 5.11 Å². The van der Waals surface area contributed by atoms with E-state index in [0.717, 1.165) is 6.61 Å². The summed E-state index contributed by atoms with van der Waals surface area (Å²) in [5.74, 6) is 2.70. The van der Waals surface area contributed by atoms with E-state index in [-0.39, 0.29) is 6.10 Å². The molecular formula is C17H22O2. The maximum absolute atomic E-state index is 9.42. The van der Waals surface area contributed by atoms with Crippen molar-refractivity contribution < 1.29 is 9.84 Å². The van der Waals surface area contributed by atoms with Crippen molar-refractivity contribution in [2.45, 2.75) is 26.9 Å². The Morgan fingerprint density at radius 3 is 2.53 bits per heavy atom. The van der Waals surface area contributed by atoms with Gasteiger partial charge in [0.2, 0.25) is 0 Å². The van der Waals surface area contributed by atoms with Gasteiger partial charge in [0.1, 0.15) is 5.75 Å². The van der Waals surface area contributed by atoms with Crippen LogP contribution in [0, 0.1) is 23.7 Å². The van der Waals surface area contributed by atoms with E-state index in [1.165, 1.54) is 11.1 Å². The molecule has 5 atom stereocenters. The number of rotatable bonds is 1. The van der Waals surface area contributed by atoms with Crippen LogP contribution in [0.5, 0.6) is 5.75 Å². The van der Waals surface area contributed by atoms with Crippen LogP contribution in [0.1, 0.15) is 32.4 Å². The summed E-state index contributed by atoms with van der Waals surface area (Å²) in [6.45, 7) is 7.73. The molecule has 1 saturated heterocycles. The maximum Gasteiger partial charge on any atom is 0.115 e. The second-order valence-electron chi connectivity index (χ2n) is 6.16. The lowest BCUT2D eigenvalue weighted by Gasteiger charge is -2.47. The molecule has 1 fully saturated rings. The number of ether oxygens (including phenoxy) is 1. The minimum absolute atomic E-state index is 0.135. The van der Waals surface area contributed by atoms with E-state index in [4.69, 9.17) is 4.74 Å². The van der Waals surface area contributed by atoms with Crippen LogP contribution in [0.2, 0.25) is 0 Å². The van der Waals surface area contributed by atoms with Gasteiger partial charge in [-0.05, 0) is 42.4 Å². The molecule has 2 heteroatoms. The van der Waals surface area contributed by atoms with Crippen molar-refractivity contribution >= 4 is 0 Å². The summed E-state index contributed by atoms with van der Waals surface area (Å²) in [5, 5.41) is 9.42. The van der Waals surface area contributed by atoms with Gasteiger partial charge in [-0.3, -0.25) is 0 Å². The number of phenolic OH excluding ortho intramolecular Hbond substituents is 1. The highest BCUT2D eigenvalue weighted by molar-refractivity contribution is 5.30. The molecule has 2 nitrogen and oxygen atoms in total. The Kier molecular flexibility index (Phi) is 3.14. The normalized spacial score (nSPS) is 37.8. The summed E-state index contributed by atoms with van der Waals surface area (Å²) in [4.78, 5) is 0. The molecule has 1 aromatic carbocycles. The number of fused-ring (bicyclic) bond motifs is 2. The third kappa shape index (κ3) is 2.08. The Morgan fingerprint density at radius 2 is 1.84 bits per heavy atom. The fourth-order valence-corrected chi connectivity index (χ4v) is 3.91. The van der Waals surface area contributed by atoms with E-state index in [0.29, 0.717) is 29.4 Å². The molecule has 1 N–H and O–H groups in total. The van der Waals surface area contributed by atoms with Gasteiger partial charge in [0.05, 0.1) is 12.7 Å². The molecule has 1 aliphatic carbocycles. The summed E-state index contributed by atoms with van der Waals surface area (Å²) in [6, 6.07) is 7.47. The molecule has 0 saturated carbocycles. The van der Waals surface area contributed by atoms with Gasteiger partial charge in [-0.15, -0.1) is 0 Å². The first-order valence-electron chi connectivity index (χ1n) is 7.16. The lowest BCUT2D eigenvalue weighted by atomic mass is 9.64. The van der Waals surface area contributed by atoms with Crippen molar-refractivity contribution in [3.63, 3.8) is 0 Å². The first-order chi connectivity index (χ1) is 9.08. The number of benzene rings is 1. The molecule has 1 aliphatic heterocycles. The van der Waals surface area contributed by atoms with Crippen molar-refractivity contribution in [3.05, 3.63) is 41.5 Å². The quantitative estimate of drug-likeness (QED) is 0.773. The van der Waals surface area contributed by atoms with Crippen molar-refractivity contribution in [3.8, 4) is 5.75 Å². The Bertz CT molecular complexity index is 488. The molecule has 19 heavy (non-hydrogen) atoms. The topological polar surface area (TPSA) is 29.5 Å². The van der Waals surface area contributed by atoms with Crippen LogP contribution in [0.3, 0.4) is 0 Å². The van der Waals surface area contributed by atoms with Crippen molar-refractivity contribution in [2.24, 2.45) is 23.7 Å². The summed E-state index contributed by atoms with van der Waals surface area (Å²) in [6.07, 6.45) is 2.56. The Hall–Kier alpha value is -1.28. The third-order valence-electron chi connectivity index (χ3n) is 4.98. The van der Waals surface area contributed by atoms with Gasteiger partial charge in [-0.1, -0.05) is 37.6 Å². The second-order valence-corrected chi connectivity index (χ2v) is 6.16. The molecule has 1 aromatic rings. The molecule has 0 unspecified atom stereocenters. The smallest absolute Gasteiger partial charge is 0.115 e. The van der Waals surface area contributed by atoms with Gasteiger partial charge in [0.15, 0.2) is 0 Å². The number of allylic oxidation sites excluding steroid dienone is 1. The first-order valence-corrected chi connectivity index (χ1v) is 7.16. The van der Waals surface area contributed by atoms with Gasteiger partial charge >= 0.3 is 0 Å². The molecule has 0 aromatic heterocycles. The minimum atomic E-state index is 0.135. The minimum Gasteiger partial charge on any atom is -0.508 e. The van der Waals surface area contributed by atoms with Crippen LogP contribution >= 0.6 is 0 Å². The summed E-state index contributed by atoms with van der Waals surface area (Å²) in [7, 11) is 0. The lowest BCUT2D eigenvalue weighted by molar-refractivity contribution is -0.0934. The van der Waals surface area contributed by atoms with Crippen LogP contribution in [0.4, 0.5) is 0 Å². The standard InChI is InChI=1S/C17H22O2/c1-10-8-11(2)16-12(3)15(10)9-19-17(16)13-4-6-14(18)7-5-13/h4-8,10,12,15-18H,9H2,1-3H3/t10-,12+,15+,16+,17+/m0/s1. The van der Waals surface area contributed by atoms with Crippen LogP contribution < -0.4 is 0 Å². The zero-order valence-electron chi connectivity index (χ0n) is 11.8. The predicted octanol–water partition coefficient (Wildman–Crippen LogP) is 3.93. The molecule has 102 valence electrons. The molecule has 3 rings (SSSR count). The first kappa shape index (κ1) is 12.7. The number of phenols is 1. The van der Waals surface area contributed by atoms with Crippen LogP contribution in [0.15, 0.2) is 35.9 Å². The summed E-state index contributed by atoms with van der Waals surface area (Å²) < 4.78 is 6.16. The average molecular weight is 258 g/mol. The second kappa shape index (κ2) is 4.68. The lowest BCUT2D eigenvalue weighted by Crippen LogP contribution is -2.42. The largest absolute Gasteiger partial charge is 0.508 e. The van der Waals surface area contributed by atoms with E-state index < -0.39 is 0 Å². The van der Waals surface area contributed by atoms with Gasteiger partial charge in [0.25, 0.3) is 0 Å². The van der Waals surface area contributed by atoms with Crippen LogP contribution in [-0.2, 0) is 4.74 Å². The maximum atomic E-state index is 9.42. The average Bonchev–Trinajstić information content (AvgIpc) is 2.37. The molecule has 0 amide bonds. The molecule has 0 spiro atoms. The van der Waals surface area contributed by atoms with Crippen molar-refractivity contribution in [2.75, 3.05) is 6.61 Å². The Morgan fingerprint density at radius 1 is 1.16 bits per heavy atom. The highest BCUT2D eigenvalue weighted by Gasteiger charge is 2.43. The van der Waals surface area contributed by atoms with Crippen molar-refractivity contribution in [1.29, 1.82) is 0 Å². The molecule has 2 bridgehead atoms. The van der Waals surface area contributed by atoms with E-state index in [2.05, 4.69) is 26.8 Å². The van der Waals surface area contributed by atoms with Crippen LogP contribution in [-0.4, -0.2) is 11.7 Å². The number of hydrogen-bond acceptors (Lipinski definition) is 2. The highest BCUT2D eigenvalue weighted by atomic mass is 16.5. The molecular weight excluding hydrogens is 236 g/mol. The summed E-state index contributed by atoms with van der Waals surface area (Å²) >= 11 is 0. The molecule has 1 heterocycles. The SMILES string of the molecule is CC1=C[C@H](C)[C@H]2CO[C@H](c3ccc(O)cc3)[C@H]1[C@@H]2C. The van der Waals surface area contributed by atoms with E-state index in [1.54, 1.807) is 12.1 Å². The van der Waals surface area contributed by atoms with Gasteiger partial charge in [-0.2, -0.15) is 0 Å². The zero-order valence-corrected chi connectivity index (χ0v) is 11.8. The predicted molar refractivity (Wildman–Crippen MR) is 75.9 cm³/mol. The third-order valence-corrected chi connectivity index (χ3v) is 4.98. The van der Waals surface area contributed by atoms with E-state index >= 15 is 0 Å². The van der Waals surface area contributed by atoms with Crippen LogP contribution in [0.25, 0.3) is 0 Å². The fourth-order valence-electron chi connectivity index (χ4n) is 3.91. The molecule has 0 radical (unpaired) electrons. The number of hydrogen-bond donors (Lipinski definition) is 1. The highest BCUT2D eigenvalue weighted by Crippen LogP contribution is 2.49. The summed E-state index contributed by atoms with van der Waals surface area (Å²) in [5.41, 5.74) is 2.63. The zero-order chi connectivity index (χ0) is 13.6. The van der Waals surface area contributed by atoms with Gasteiger partial charge in [-0.25, -0.2) is 0 Å². The monoisotopic (exact) mass is 258 g/mol. The fraction of sp³-hybridized carbons (Fsp3) is 0.529. The Balaban J connectivity index is 1.96.